The summed E-state index contributed by atoms with van der Waals surface area (Å²) in [4.78, 5) is 121. The second-order valence-corrected chi connectivity index (χ2v) is 14.4. The van der Waals surface area contributed by atoms with Crippen molar-refractivity contribution in [2.45, 2.75) is 107 Å². The van der Waals surface area contributed by atoms with Crippen molar-refractivity contribution in [3.8, 4) is 0 Å². The number of hydrogen-bond donors (Lipinski definition) is 13. The van der Waals surface area contributed by atoms with Gasteiger partial charge < -0.3 is 75.1 Å². The number of aliphatic carboxylic acids is 1. The number of nitrogens with two attached hydrogens (primary N) is 4. The fraction of sp³-hybridized carbons (Fsp3) is 0.568. The van der Waals surface area contributed by atoms with E-state index in [2.05, 4.69) is 36.9 Å². The first-order valence-corrected chi connectivity index (χ1v) is 19.5. The maximum Gasteiger partial charge on any atom is 0.325 e. The van der Waals surface area contributed by atoms with Crippen molar-refractivity contribution in [1.29, 1.82) is 0 Å². The maximum absolute atomic E-state index is 14.1. The Hall–Kier alpha value is -6.40. The van der Waals surface area contributed by atoms with Crippen molar-refractivity contribution >= 4 is 59.2 Å². The quantitative estimate of drug-likeness (QED) is 0.0247. The predicted molar refractivity (Wildman–Crippen MR) is 216 cm³/mol. The van der Waals surface area contributed by atoms with E-state index >= 15 is 0 Å². The molecule has 17 N–H and O–H groups in total. The van der Waals surface area contributed by atoms with Crippen molar-refractivity contribution in [2.75, 3.05) is 26.3 Å². The van der Waals surface area contributed by atoms with Crippen molar-refractivity contribution in [3.63, 3.8) is 0 Å². The summed E-state index contributed by atoms with van der Waals surface area (Å²) in [5.41, 5.74) is 22.7. The predicted octanol–water partition coefficient (Wildman–Crippen LogP) is -6.12. The van der Waals surface area contributed by atoms with Crippen molar-refractivity contribution in [1.82, 2.24) is 36.8 Å². The molecule has 1 heterocycles. The number of aliphatic imine (C=N–C) groups is 1. The molecule has 61 heavy (non-hydrogen) atoms. The largest absolute Gasteiger partial charge is 0.480 e. The molecule has 1 saturated heterocycles. The molecular weight excluding hydrogens is 804 g/mol. The van der Waals surface area contributed by atoms with Crippen molar-refractivity contribution in [3.05, 3.63) is 35.9 Å². The van der Waals surface area contributed by atoms with Crippen molar-refractivity contribution < 1.29 is 58.5 Å². The monoisotopic (exact) mass is 862 g/mol. The van der Waals surface area contributed by atoms with Crippen LogP contribution < -0.4 is 54.8 Å². The average molecular weight is 863 g/mol. The van der Waals surface area contributed by atoms with E-state index in [1.54, 1.807) is 30.3 Å². The zero-order valence-electron chi connectivity index (χ0n) is 34.0. The number of carboxylic acids is 1. The molecule has 0 aromatic heterocycles. The molecule has 338 valence electrons. The highest BCUT2D eigenvalue weighted by Crippen LogP contribution is 2.20. The summed E-state index contributed by atoms with van der Waals surface area (Å²) >= 11 is 0. The number of rotatable bonds is 25. The van der Waals surface area contributed by atoms with Crippen LogP contribution in [-0.4, -0.2) is 154 Å². The number of carbonyl (C=O) groups excluding carboxylic acids is 8. The van der Waals surface area contributed by atoms with Gasteiger partial charge >= 0.3 is 5.97 Å². The Morgan fingerprint density at radius 3 is 1.85 bits per heavy atom. The van der Waals surface area contributed by atoms with Gasteiger partial charge in [0.15, 0.2) is 5.96 Å². The van der Waals surface area contributed by atoms with Crippen LogP contribution in [0.15, 0.2) is 35.3 Å². The van der Waals surface area contributed by atoms with Crippen LogP contribution in [0.4, 0.5) is 0 Å². The van der Waals surface area contributed by atoms with E-state index in [9.17, 15) is 53.4 Å². The minimum atomic E-state index is -1.69. The van der Waals surface area contributed by atoms with Gasteiger partial charge in [-0.15, -0.1) is 0 Å². The fourth-order valence-electron chi connectivity index (χ4n) is 6.03. The summed E-state index contributed by atoms with van der Waals surface area (Å²) in [5, 5.41) is 42.9. The van der Waals surface area contributed by atoms with Gasteiger partial charge in [-0.1, -0.05) is 30.3 Å². The summed E-state index contributed by atoms with van der Waals surface area (Å²) < 4.78 is 0. The number of amides is 8. The van der Waals surface area contributed by atoms with E-state index in [-0.39, 0.29) is 64.0 Å². The average Bonchev–Trinajstić information content (AvgIpc) is 3.71. The second kappa shape index (κ2) is 25.3. The number of guanidine groups is 1. The molecule has 24 nitrogen and oxygen atoms in total. The van der Waals surface area contributed by atoms with E-state index < -0.39 is 115 Å². The number of nitrogens with one attached hydrogen (secondary N) is 6. The Morgan fingerprint density at radius 2 is 1.28 bits per heavy atom. The molecular formula is C37H58N12O12. The zero-order chi connectivity index (χ0) is 45.8. The van der Waals surface area contributed by atoms with Crippen LogP contribution in [0.25, 0.3) is 0 Å². The van der Waals surface area contributed by atoms with Crippen LogP contribution in [0.1, 0.15) is 57.9 Å². The molecule has 1 aromatic rings. The lowest BCUT2D eigenvalue weighted by Crippen LogP contribution is -2.60. The minimum absolute atomic E-state index is 0.0104. The fourth-order valence-corrected chi connectivity index (χ4v) is 6.03. The number of aliphatic hydroxyl groups is 2. The van der Waals surface area contributed by atoms with Crippen LogP contribution >= 0.6 is 0 Å². The first-order valence-electron chi connectivity index (χ1n) is 19.5. The van der Waals surface area contributed by atoms with Gasteiger partial charge in [0.2, 0.25) is 47.3 Å². The number of carboxylic acid groups (broad SMARTS) is 1. The molecule has 1 aliphatic heterocycles. The first-order chi connectivity index (χ1) is 28.8. The Balaban J connectivity index is 2.33. The molecule has 0 bridgehead atoms. The summed E-state index contributed by atoms with van der Waals surface area (Å²) in [6.07, 6.45) is -0.248. The zero-order valence-corrected chi connectivity index (χ0v) is 34.0. The highest BCUT2D eigenvalue weighted by molar-refractivity contribution is 5.98. The van der Waals surface area contributed by atoms with Gasteiger partial charge in [-0.2, -0.15) is 0 Å². The lowest BCUT2D eigenvalue weighted by Gasteiger charge is -2.31. The molecule has 2 rings (SSSR count). The Bertz CT molecular complexity index is 1740. The lowest BCUT2D eigenvalue weighted by molar-refractivity contribution is -0.143. The number of hydrogen-bond acceptors (Lipinski definition) is 13. The summed E-state index contributed by atoms with van der Waals surface area (Å²) in [7, 11) is 0. The Morgan fingerprint density at radius 1 is 0.738 bits per heavy atom. The Kier molecular flexibility index (Phi) is 21.0. The topological polar surface area (TPSA) is 406 Å². The standard InChI is InChI=1S/C37H58N12O12/c1-19(38)29(53)46-24(16-21-8-4-3-5-9-21)31(55)44-22(10-6-14-42-37(40)41)30(54)45-23(12-13-28(39)52)35(59)49-15-7-11-27(49)34(58)48-26(18-51)33(57)47-25(17-50)32(56)43-20(2)36(60)61/h3-5,8-9,19-20,22-27,50-51H,6-7,10-18,38H2,1-2H3,(H2,39,52)(H,43,56)(H,44,55)(H,45,54)(H,46,53)(H,47,57)(H,48,58)(H,60,61)(H4,40,41,42)/t19-,20-,22-,23-,24-,25-,26-,27-/m0/s1. The number of nitrogens with zero attached hydrogens (tertiary/aromatic N) is 2. The molecule has 0 radical (unpaired) electrons. The van der Waals surface area contributed by atoms with Gasteiger partial charge in [-0.3, -0.25) is 48.1 Å². The molecule has 0 saturated carbocycles. The SMILES string of the molecule is C[C@H](N)C(=O)N[C@@H](Cc1ccccc1)C(=O)N[C@@H](CCCN=C(N)N)C(=O)N[C@@H](CCC(N)=O)C(=O)N1CCC[C@H]1C(=O)N[C@@H](CO)C(=O)N[C@@H](CO)C(=O)N[C@@H](C)C(=O)O. The Labute approximate surface area is 351 Å². The van der Waals surface area contributed by atoms with E-state index in [0.29, 0.717) is 5.56 Å². The summed E-state index contributed by atoms with van der Waals surface area (Å²) in [6, 6.07) is -2.25. The normalized spacial score (nSPS) is 16.8. The molecule has 8 amide bonds. The van der Waals surface area contributed by atoms with Gasteiger partial charge in [-0.05, 0) is 51.5 Å². The third kappa shape index (κ3) is 17.0. The highest BCUT2D eigenvalue weighted by Gasteiger charge is 2.40. The molecule has 0 unspecified atom stereocenters. The van der Waals surface area contributed by atoms with E-state index in [0.717, 1.165) is 11.8 Å². The van der Waals surface area contributed by atoms with E-state index in [1.165, 1.54) is 6.92 Å². The number of primary amides is 1. The molecule has 24 heteroatoms. The number of benzene rings is 1. The first kappa shape index (κ1) is 50.7. The summed E-state index contributed by atoms with van der Waals surface area (Å²) in [6.45, 7) is 0.669. The van der Waals surface area contributed by atoms with Gasteiger partial charge in [0, 0.05) is 25.9 Å². The summed E-state index contributed by atoms with van der Waals surface area (Å²) in [5.74, 6) is -8.61. The van der Waals surface area contributed by atoms with Gasteiger partial charge in [-0.25, -0.2) is 0 Å². The number of carbonyl (C=O) groups is 9. The number of aliphatic hydroxyl groups excluding tert-OH is 2. The van der Waals surface area contributed by atoms with Gasteiger partial charge in [0.25, 0.3) is 0 Å². The van der Waals surface area contributed by atoms with Crippen LogP contribution in [-0.2, 0) is 49.6 Å². The molecule has 1 aliphatic rings. The third-order valence-electron chi connectivity index (χ3n) is 9.40. The molecule has 1 fully saturated rings. The van der Waals surface area contributed by atoms with Gasteiger partial charge in [0.1, 0.15) is 42.3 Å². The second-order valence-electron chi connectivity index (χ2n) is 14.4. The number of likely N-dealkylation sites (tertiary alicyclic amines) is 1. The minimum Gasteiger partial charge on any atom is -0.480 e. The van der Waals surface area contributed by atoms with Crippen LogP contribution in [0.5, 0.6) is 0 Å². The van der Waals surface area contributed by atoms with Crippen molar-refractivity contribution in [2.24, 2.45) is 27.9 Å². The molecule has 1 aromatic carbocycles. The van der Waals surface area contributed by atoms with Crippen LogP contribution in [0.3, 0.4) is 0 Å². The van der Waals surface area contributed by atoms with Crippen LogP contribution in [0, 0.1) is 0 Å². The van der Waals surface area contributed by atoms with E-state index in [4.69, 9.17) is 28.0 Å². The smallest absolute Gasteiger partial charge is 0.325 e. The highest BCUT2D eigenvalue weighted by atomic mass is 16.4. The molecule has 0 aliphatic carbocycles. The molecule has 0 spiro atoms. The van der Waals surface area contributed by atoms with Gasteiger partial charge in [0.05, 0.1) is 19.3 Å². The maximum atomic E-state index is 14.1. The molecule has 8 atom stereocenters. The third-order valence-corrected chi connectivity index (χ3v) is 9.40. The van der Waals surface area contributed by atoms with Crippen LogP contribution in [0.2, 0.25) is 0 Å². The van der Waals surface area contributed by atoms with E-state index in [1.807, 2.05) is 0 Å². The lowest BCUT2D eigenvalue weighted by atomic mass is 10.0.